The lowest BCUT2D eigenvalue weighted by Crippen LogP contribution is -2.02. The molecule has 1 heterocycles. The monoisotopic (exact) mass is 312 g/mol. The number of ketones is 1. The lowest BCUT2D eigenvalue weighted by molar-refractivity contribution is 0.104. The van der Waals surface area contributed by atoms with Crippen molar-refractivity contribution in [3.8, 4) is 0 Å². The highest BCUT2D eigenvalue weighted by Crippen LogP contribution is 2.32. The fraction of sp³-hybridized carbons (Fsp3) is 0.267. The van der Waals surface area contributed by atoms with E-state index in [-0.39, 0.29) is 16.4 Å². The van der Waals surface area contributed by atoms with Gasteiger partial charge in [-0.25, -0.2) is 8.78 Å². The summed E-state index contributed by atoms with van der Waals surface area (Å²) < 4.78 is 26.3. The molecule has 1 aromatic carbocycles. The van der Waals surface area contributed by atoms with Crippen LogP contribution in [0.1, 0.15) is 38.5 Å². The minimum Gasteiger partial charge on any atom is -0.288 e. The molecule has 0 saturated heterocycles. The minimum absolute atomic E-state index is 0.0177. The SMILES string of the molecule is O=C(c1cc2c(s1)CCCC2)c1cc(F)c(F)cc1Cl. The van der Waals surface area contributed by atoms with Crippen LogP contribution in [-0.4, -0.2) is 5.78 Å². The van der Waals surface area contributed by atoms with Crippen molar-refractivity contribution >= 4 is 28.7 Å². The minimum atomic E-state index is -1.06. The second-order valence-electron chi connectivity index (χ2n) is 4.84. The molecule has 0 amide bonds. The number of fused-ring (bicyclic) bond motifs is 1. The number of carbonyl (C=O) groups is 1. The Bertz CT molecular complexity index is 670. The first kappa shape index (κ1) is 13.7. The zero-order valence-corrected chi connectivity index (χ0v) is 12.1. The van der Waals surface area contributed by atoms with E-state index in [0.717, 1.165) is 37.8 Å². The van der Waals surface area contributed by atoms with Crippen molar-refractivity contribution in [2.24, 2.45) is 0 Å². The zero-order valence-electron chi connectivity index (χ0n) is 10.5. The van der Waals surface area contributed by atoms with Gasteiger partial charge in [0.05, 0.1) is 9.90 Å². The molecule has 104 valence electrons. The number of hydrogen-bond acceptors (Lipinski definition) is 2. The molecule has 5 heteroatoms. The number of carbonyl (C=O) groups excluding carboxylic acids is 1. The lowest BCUT2D eigenvalue weighted by atomic mass is 9.98. The quantitative estimate of drug-likeness (QED) is 0.575. The summed E-state index contributed by atoms with van der Waals surface area (Å²) in [5, 5.41) is -0.0553. The van der Waals surface area contributed by atoms with Crippen LogP contribution in [-0.2, 0) is 12.8 Å². The molecule has 1 aliphatic rings. The lowest BCUT2D eigenvalue weighted by Gasteiger charge is -2.08. The van der Waals surface area contributed by atoms with Crippen LogP contribution in [0.5, 0.6) is 0 Å². The highest BCUT2D eigenvalue weighted by molar-refractivity contribution is 7.14. The molecular formula is C15H11ClF2OS. The van der Waals surface area contributed by atoms with Crippen LogP contribution in [0.2, 0.25) is 5.02 Å². The average Bonchev–Trinajstić information content (AvgIpc) is 2.86. The molecule has 0 unspecified atom stereocenters. The van der Waals surface area contributed by atoms with E-state index >= 15 is 0 Å². The molecule has 1 nitrogen and oxygen atoms in total. The number of thiophene rings is 1. The van der Waals surface area contributed by atoms with Gasteiger partial charge in [0.15, 0.2) is 11.6 Å². The molecule has 0 fully saturated rings. The molecule has 20 heavy (non-hydrogen) atoms. The Labute approximate surface area is 124 Å². The van der Waals surface area contributed by atoms with Gasteiger partial charge in [-0.2, -0.15) is 0 Å². The van der Waals surface area contributed by atoms with Crippen LogP contribution in [0.25, 0.3) is 0 Å². The first-order valence-electron chi connectivity index (χ1n) is 6.37. The molecule has 1 aliphatic carbocycles. The second kappa shape index (κ2) is 5.26. The average molecular weight is 313 g/mol. The fourth-order valence-corrected chi connectivity index (χ4v) is 3.88. The first-order chi connectivity index (χ1) is 9.56. The zero-order chi connectivity index (χ0) is 14.3. The van der Waals surface area contributed by atoms with Crippen LogP contribution in [0.4, 0.5) is 8.78 Å². The van der Waals surface area contributed by atoms with Crippen LogP contribution in [0.3, 0.4) is 0 Å². The normalized spacial score (nSPS) is 14.2. The van der Waals surface area contributed by atoms with Gasteiger partial charge in [0.25, 0.3) is 0 Å². The molecule has 3 rings (SSSR count). The van der Waals surface area contributed by atoms with Gasteiger partial charge < -0.3 is 0 Å². The highest BCUT2D eigenvalue weighted by atomic mass is 35.5. The second-order valence-corrected chi connectivity index (χ2v) is 6.39. The van der Waals surface area contributed by atoms with Crippen LogP contribution in [0, 0.1) is 11.6 Å². The molecule has 0 N–H and O–H groups in total. The third-order valence-corrected chi connectivity index (χ3v) is 5.02. The predicted octanol–water partition coefficient (Wildman–Crippen LogP) is 4.79. The van der Waals surface area contributed by atoms with Gasteiger partial charge in [-0.05, 0) is 49.4 Å². The van der Waals surface area contributed by atoms with E-state index in [4.69, 9.17) is 11.6 Å². The summed E-state index contributed by atoms with van der Waals surface area (Å²) in [6.45, 7) is 0. The topological polar surface area (TPSA) is 17.1 Å². The van der Waals surface area contributed by atoms with Gasteiger partial charge in [-0.15, -0.1) is 11.3 Å². The molecule has 0 saturated carbocycles. The summed E-state index contributed by atoms with van der Waals surface area (Å²) in [4.78, 5) is 14.2. The molecule has 0 bridgehead atoms. The van der Waals surface area contributed by atoms with Crippen molar-refractivity contribution in [3.05, 3.63) is 55.7 Å². The van der Waals surface area contributed by atoms with Gasteiger partial charge in [-0.1, -0.05) is 11.6 Å². The first-order valence-corrected chi connectivity index (χ1v) is 7.56. The van der Waals surface area contributed by atoms with Gasteiger partial charge in [-0.3, -0.25) is 4.79 Å². The Morgan fingerprint density at radius 3 is 2.55 bits per heavy atom. The van der Waals surface area contributed by atoms with Crippen molar-refractivity contribution in [1.29, 1.82) is 0 Å². The number of rotatable bonds is 2. The molecule has 0 atom stereocenters. The Morgan fingerprint density at radius 1 is 1.10 bits per heavy atom. The molecular weight excluding hydrogens is 302 g/mol. The van der Waals surface area contributed by atoms with E-state index < -0.39 is 11.6 Å². The van der Waals surface area contributed by atoms with Crippen molar-refractivity contribution in [1.82, 2.24) is 0 Å². The van der Waals surface area contributed by atoms with E-state index in [1.54, 1.807) is 0 Å². The maximum absolute atomic E-state index is 13.3. The van der Waals surface area contributed by atoms with E-state index in [1.165, 1.54) is 21.8 Å². The summed E-state index contributed by atoms with van der Waals surface area (Å²) in [6.07, 6.45) is 4.22. The van der Waals surface area contributed by atoms with E-state index in [0.29, 0.717) is 4.88 Å². The number of halogens is 3. The number of aryl methyl sites for hydroxylation is 2. The van der Waals surface area contributed by atoms with E-state index in [1.807, 2.05) is 6.07 Å². The number of hydrogen-bond donors (Lipinski definition) is 0. The van der Waals surface area contributed by atoms with Crippen molar-refractivity contribution < 1.29 is 13.6 Å². The Kier molecular flexibility index (Phi) is 3.61. The highest BCUT2D eigenvalue weighted by Gasteiger charge is 2.21. The fourth-order valence-electron chi connectivity index (χ4n) is 2.43. The Balaban J connectivity index is 2.00. The summed E-state index contributed by atoms with van der Waals surface area (Å²) in [6, 6.07) is 3.58. The maximum Gasteiger partial charge on any atom is 0.204 e. The summed E-state index contributed by atoms with van der Waals surface area (Å²) in [7, 11) is 0. The van der Waals surface area contributed by atoms with Crippen molar-refractivity contribution in [2.75, 3.05) is 0 Å². The van der Waals surface area contributed by atoms with E-state index in [9.17, 15) is 13.6 Å². The van der Waals surface area contributed by atoms with Crippen LogP contribution in [0.15, 0.2) is 18.2 Å². The summed E-state index contributed by atoms with van der Waals surface area (Å²) in [5.41, 5.74) is 1.22. The van der Waals surface area contributed by atoms with Gasteiger partial charge in [0.1, 0.15) is 0 Å². The molecule has 1 aromatic heterocycles. The van der Waals surface area contributed by atoms with Gasteiger partial charge >= 0.3 is 0 Å². The third-order valence-electron chi connectivity index (χ3n) is 3.47. The van der Waals surface area contributed by atoms with E-state index in [2.05, 4.69) is 0 Å². The van der Waals surface area contributed by atoms with Crippen LogP contribution < -0.4 is 0 Å². The standard InChI is InChI=1S/C15H11ClF2OS/c16-10-7-12(18)11(17)6-9(10)15(19)14-5-8-3-1-2-4-13(8)20-14/h5-7H,1-4H2. The molecule has 2 aromatic rings. The molecule has 0 aliphatic heterocycles. The smallest absolute Gasteiger partial charge is 0.204 e. The maximum atomic E-state index is 13.3. The molecule has 0 spiro atoms. The van der Waals surface area contributed by atoms with Crippen LogP contribution >= 0.6 is 22.9 Å². The van der Waals surface area contributed by atoms with Crippen molar-refractivity contribution in [2.45, 2.75) is 25.7 Å². The van der Waals surface area contributed by atoms with Crippen molar-refractivity contribution in [3.63, 3.8) is 0 Å². The Hall–Kier alpha value is -1.26. The Morgan fingerprint density at radius 2 is 1.80 bits per heavy atom. The molecule has 0 radical (unpaired) electrons. The van der Waals surface area contributed by atoms with Gasteiger partial charge in [0.2, 0.25) is 5.78 Å². The van der Waals surface area contributed by atoms with Gasteiger partial charge in [0, 0.05) is 10.4 Å². The third kappa shape index (κ3) is 2.38. The largest absolute Gasteiger partial charge is 0.288 e. The summed E-state index contributed by atoms with van der Waals surface area (Å²) in [5.74, 6) is -2.44. The summed E-state index contributed by atoms with van der Waals surface area (Å²) >= 11 is 7.28. The number of benzene rings is 1. The predicted molar refractivity (Wildman–Crippen MR) is 75.8 cm³/mol.